The average molecular weight is 156 g/mol. The maximum absolute atomic E-state index is 9.23. The predicted molar refractivity (Wildman–Crippen MR) is 47.3 cm³/mol. The van der Waals surface area contributed by atoms with E-state index in [1.807, 2.05) is 6.92 Å². The maximum atomic E-state index is 9.23. The minimum absolute atomic E-state index is 0.138. The first-order valence-electron chi connectivity index (χ1n) is 4.48. The van der Waals surface area contributed by atoms with Gasteiger partial charge in [0.25, 0.3) is 0 Å². The van der Waals surface area contributed by atoms with Crippen molar-refractivity contribution in [3.8, 4) is 0 Å². The van der Waals surface area contributed by atoms with Gasteiger partial charge in [-0.2, -0.15) is 0 Å². The molecule has 0 saturated heterocycles. The van der Waals surface area contributed by atoms with Gasteiger partial charge in [-0.15, -0.1) is 0 Å². The summed E-state index contributed by atoms with van der Waals surface area (Å²) in [6.07, 6.45) is 0.820. The lowest BCUT2D eigenvalue weighted by atomic mass is 10.0. The average Bonchev–Trinajstić information content (AvgIpc) is 2.11. The fourth-order valence-electron chi connectivity index (χ4n) is 2.26. The van der Waals surface area contributed by atoms with E-state index >= 15 is 0 Å². The molecule has 1 saturated carbocycles. The van der Waals surface area contributed by atoms with Crippen LogP contribution in [0.25, 0.3) is 0 Å². The fourth-order valence-corrected chi connectivity index (χ4v) is 2.26. The van der Waals surface area contributed by atoms with Crippen LogP contribution in [0.5, 0.6) is 0 Å². The highest BCUT2D eigenvalue weighted by atomic mass is 16.3. The highest BCUT2D eigenvalue weighted by Gasteiger charge is 2.64. The zero-order chi connectivity index (χ0) is 8.86. The van der Waals surface area contributed by atoms with Crippen molar-refractivity contribution in [2.75, 3.05) is 0 Å². The van der Waals surface area contributed by atoms with Gasteiger partial charge in [0.2, 0.25) is 0 Å². The predicted octanol–water partition coefficient (Wildman–Crippen LogP) is 2.44. The van der Waals surface area contributed by atoms with E-state index in [2.05, 4.69) is 27.7 Å². The summed E-state index contributed by atoms with van der Waals surface area (Å²) in [5.74, 6) is 0.704. The molecular formula is C10H20O. The largest absolute Gasteiger partial charge is 0.393 e. The van der Waals surface area contributed by atoms with Gasteiger partial charge >= 0.3 is 0 Å². The Labute approximate surface area is 69.8 Å². The lowest BCUT2D eigenvalue weighted by Crippen LogP contribution is -2.03. The third-order valence-corrected chi connectivity index (χ3v) is 3.90. The van der Waals surface area contributed by atoms with Crippen LogP contribution in [0.3, 0.4) is 0 Å². The van der Waals surface area contributed by atoms with Crippen LogP contribution in [0.2, 0.25) is 0 Å². The Hall–Kier alpha value is -0.0400. The lowest BCUT2D eigenvalue weighted by Gasteiger charge is -2.04. The van der Waals surface area contributed by atoms with Crippen molar-refractivity contribution >= 4 is 0 Å². The van der Waals surface area contributed by atoms with Crippen molar-refractivity contribution in [1.29, 1.82) is 0 Å². The summed E-state index contributed by atoms with van der Waals surface area (Å²) >= 11 is 0. The van der Waals surface area contributed by atoms with E-state index in [9.17, 15) is 5.11 Å². The summed E-state index contributed by atoms with van der Waals surface area (Å²) in [7, 11) is 0. The summed E-state index contributed by atoms with van der Waals surface area (Å²) in [5.41, 5.74) is 0.869. The third kappa shape index (κ3) is 1.20. The molecule has 0 radical (unpaired) electrons. The van der Waals surface area contributed by atoms with Gasteiger partial charge in [0, 0.05) is 0 Å². The Bertz CT molecular complexity index is 142. The second-order valence-electron chi connectivity index (χ2n) is 5.08. The van der Waals surface area contributed by atoms with Crippen LogP contribution in [0, 0.1) is 16.7 Å². The molecule has 0 bridgehead atoms. The molecule has 1 nitrogen and oxygen atoms in total. The van der Waals surface area contributed by atoms with E-state index in [-0.39, 0.29) is 6.10 Å². The van der Waals surface area contributed by atoms with Crippen molar-refractivity contribution in [2.24, 2.45) is 16.7 Å². The SMILES string of the molecule is C[C@H](O)CC1C(C)(C)C1(C)C. The van der Waals surface area contributed by atoms with Crippen molar-refractivity contribution in [1.82, 2.24) is 0 Å². The molecule has 1 aliphatic carbocycles. The lowest BCUT2D eigenvalue weighted by molar-refractivity contribution is 0.169. The molecule has 11 heavy (non-hydrogen) atoms. The van der Waals surface area contributed by atoms with Gasteiger partial charge in [-0.3, -0.25) is 0 Å². The van der Waals surface area contributed by atoms with Crippen molar-refractivity contribution in [2.45, 2.75) is 47.1 Å². The number of rotatable bonds is 2. The topological polar surface area (TPSA) is 20.2 Å². The zero-order valence-electron chi connectivity index (χ0n) is 8.31. The van der Waals surface area contributed by atoms with E-state index in [0.717, 1.165) is 6.42 Å². The number of hydrogen-bond acceptors (Lipinski definition) is 1. The highest BCUT2D eigenvalue weighted by molar-refractivity contribution is 5.12. The Balaban J connectivity index is 2.54. The molecule has 0 aromatic heterocycles. The van der Waals surface area contributed by atoms with Crippen LogP contribution in [0.4, 0.5) is 0 Å². The molecule has 1 aliphatic rings. The molecule has 0 aromatic rings. The van der Waals surface area contributed by atoms with Crippen LogP contribution >= 0.6 is 0 Å². The van der Waals surface area contributed by atoms with E-state index in [0.29, 0.717) is 16.7 Å². The Kier molecular flexibility index (Phi) is 1.83. The van der Waals surface area contributed by atoms with Gasteiger partial charge in [-0.25, -0.2) is 0 Å². The molecule has 0 spiro atoms. The van der Waals surface area contributed by atoms with Gasteiger partial charge in [0.05, 0.1) is 6.10 Å². The Morgan fingerprint density at radius 3 is 1.64 bits per heavy atom. The molecule has 1 rings (SSSR count). The molecule has 0 amide bonds. The van der Waals surface area contributed by atoms with Gasteiger partial charge in [-0.1, -0.05) is 27.7 Å². The van der Waals surface area contributed by atoms with Crippen LogP contribution in [-0.2, 0) is 0 Å². The normalized spacial score (nSPS) is 30.0. The van der Waals surface area contributed by atoms with E-state index < -0.39 is 0 Å². The number of aliphatic hydroxyl groups is 1. The fraction of sp³-hybridized carbons (Fsp3) is 1.00. The smallest absolute Gasteiger partial charge is 0.0515 e. The van der Waals surface area contributed by atoms with Gasteiger partial charge in [0.15, 0.2) is 0 Å². The molecule has 0 heterocycles. The molecule has 0 aromatic carbocycles. The van der Waals surface area contributed by atoms with Crippen LogP contribution in [0.1, 0.15) is 41.0 Å². The third-order valence-electron chi connectivity index (χ3n) is 3.90. The standard InChI is InChI=1S/C10H20O/c1-7(11)6-8-9(2,3)10(8,4)5/h7-8,11H,6H2,1-5H3/t7-/m0/s1. The summed E-state index contributed by atoms with van der Waals surface area (Å²) < 4.78 is 0. The van der Waals surface area contributed by atoms with Crippen LogP contribution in [0.15, 0.2) is 0 Å². The molecule has 66 valence electrons. The first kappa shape index (κ1) is 9.05. The molecule has 0 unspecified atom stereocenters. The highest BCUT2D eigenvalue weighted by Crippen LogP contribution is 2.69. The summed E-state index contributed by atoms with van der Waals surface area (Å²) in [5, 5.41) is 9.23. The van der Waals surface area contributed by atoms with E-state index in [1.165, 1.54) is 0 Å². The quantitative estimate of drug-likeness (QED) is 0.651. The molecule has 1 heteroatoms. The molecular weight excluding hydrogens is 136 g/mol. The summed E-state index contributed by atoms with van der Waals surface area (Å²) in [6, 6.07) is 0. The number of aliphatic hydroxyl groups excluding tert-OH is 1. The summed E-state index contributed by atoms with van der Waals surface area (Å²) in [6.45, 7) is 11.0. The van der Waals surface area contributed by atoms with Crippen molar-refractivity contribution in [3.63, 3.8) is 0 Å². The zero-order valence-corrected chi connectivity index (χ0v) is 8.31. The minimum Gasteiger partial charge on any atom is -0.393 e. The second-order valence-corrected chi connectivity index (χ2v) is 5.08. The Morgan fingerprint density at radius 2 is 1.55 bits per heavy atom. The van der Waals surface area contributed by atoms with Crippen molar-refractivity contribution in [3.05, 3.63) is 0 Å². The molecule has 1 fully saturated rings. The molecule has 0 aliphatic heterocycles. The van der Waals surface area contributed by atoms with Crippen molar-refractivity contribution < 1.29 is 5.11 Å². The van der Waals surface area contributed by atoms with E-state index in [4.69, 9.17) is 0 Å². The van der Waals surface area contributed by atoms with Gasteiger partial charge in [-0.05, 0) is 30.1 Å². The number of hydrogen-bond donors (Lipinski definition) is 1. The van der Waals surface area contributed by atoms with Crippen LogP contribution < -0.4 is 0 Å². The Morgan fingerprint density at radius 1 is 1.18 bits per heavy atom. The van der Waals surface area contributed by atoms with E-state index in [1.54, 1.807) is 0 Å². The van der Waals surface area contributed by atoms with Gasteiger partial charge in [0.1, 0.15) is 0 Å². The molecule has 1 N–H and O–H groups in total. The van der Waals surface area contributed by atoms with Crippen LogP contribution in [-0.4, -0.2) is 11.2 Å². The first-order valence-corrected chi connectivity index (χ1v) is 4.48. The minimum atomic E-state index is -0.138. The monoisotopic (exact) mass is 156 g/mol. The first-order chi connectivity index (χ1) is 4.80. The second kappa shape index (κ2) is 2.22. The van der Waals surface area contributed by atoms with Gasteiger partial charge < -0.3 is 5.11 Å². The summed E-state index contributed by atoms with van der Waals surface area (Å²) in [4.78, 5) is 0. The maximum Gasteiger partial charge on any atom is 0.0515 e. The molecule has 1 atom stereocenters.